The van der Waals surface area contributed by atoms with E-state index in [0.29, 0.717) is 23.0 Å². The predicted molar refractivity (Wildman–Crippen MR) is 96.1 cm³/mol. The van der Waals surface area contributed by atoms with Crippen LogP contribution in [-0.4, -0.2) is 32.7 Å². The lowest BCUT2D eigenvalue weighted by molar-refractivity contribution is -0.122. The second-order valence-electron chi connectivity index (χ2n) is 5.74. The molecule has 1 atom stereocenters. The van der Waals surface area contributed by atoms with Crippen molar-refractivity contribution in [3.05, 3.63) is 65.2 Å². The van der Waals surface area contributed by atoms with Crippen LogP contribution in [0.5, 0.6) is 0 Å². The topological polar surface area (TPSA) is 72.7 Å². The van der Waals surface area contributed by atoms with Crippen LogP contribution in [0.3, 0.4) is 0 Å². The highest BCUT2D eigenvalue weighted by molar-refractivity contribution is 6.33. The summed E-state index contributed by atoms with van der Waals surface area (Å²) in [5.41, 5.74) is 1.87. The summed E-state index contributed by atoms with van der Waals surface area (Å²) in [4.78, 5) is 13.4. The SMILES string of the molecule is C[C@@H](CNC(=O)Cn1nnc(-c2ccccc2Cl)n1)c1ccccc1. The average Bonchev–Trinajstić information content (AvgIpc) is 3.09. The number of hydrogen-bond acceptors (Lipinski definition) is 4. The Bertz CT molecular complexity index is 849. The van der Waals surface area contributed by atoms with Gasteiger partial charge < -0.3 is 5.32 Å². The summed E-state index contributed by atoms with van der Waals surface area (Å²) in [5.74, 6) is 0.467. The number of nitrogens with zero attached hydrogens (tertiary/aromatic N) is 4. The standard InChI is InChI=1S/C18H18ClN5O/c1-13(14-7-3-2-4-8-14)11-20-17(25)12-24-22-18(21-23-24)15-9-5-6-10-16(15)19/h2-10,13H,11-12H2,1H3,(H,20,25)/t13-/m0/s1. The zero-order chi connectivity index (χ0) is 17.6. The minimum absolute atomic E-state index is 0.0129. The van der Waals surface area contributed by atoms with Gasteiger partial charge in [-0.25, -0.2) is 0 Å². The molecule has 0 unspecified atom stereocenters. The first kappa shape index (κ1) is 17.1. The lowest BCUT2D eigenvalue weighted by Crippen LogP contribution is -2.31. The van der Waals surface area contributed by atoms with Crippen LogP contribution in [0.4, 0.5) is 0 Å². The largest absolute Gasteiger partial charge is 0.354 e. The highest BCUT2D eigenvalue weighted by Gasteiger charge is 2.12. The van der Waals surface area contributed by atoms with Crippen molar-refractivity contribution >= 4 is 17.5 Å². The Labute approximate surface area is 150 Å². The lowest BCUT2D eigenvalue weighted by Gasteiger charge is -2.12. The Morgan fingerprint density at radius 3 is 2.64 bits per heavy atom. The van der Waals surface area contributed by atoms with E-state index in [1.54, 1.807) is 6.07 Å². The van der Waals surface area contributed by atoms with E-state index in [4.69, 9.17) is 11.6 Å². The van der Waals surface area contributed by atoms with Crippen molar-refractivity contribution in [2.75, 3.05) is 6.54 Å². The normalized spacial score (nSPS) is 11.9. The molecule has 1 amide bonds. The van der Waals surface area contributed by atoms with Crippen LogP contribution in [0.2, 0.25) is 5.02 Å². The van der Waals surface area contributed by atoms with E-state index >= 15 is 0 Å². The summed E-state index contributed by atoms with van der Waals surface area (Å²) >= 11 is 6.12. The number of carbonyl (C=O) groups is 1. The molecule has 1 aromatic heterocycles. The van der Waals surface area contributed by atoms with Crippen molar-refractivity contribution in [3.63, 3.8) is 0 Å². The molecule has 3 aromatic rings. The van der Waals surface area contributed by atoms with Crippen molar-refractivity contribution < 1.29 is 4.79 Å². The molecular formula is C18H18ClN5O. The van der Waals surface area contributed by atoms with Gasteiger partial charge in [0, 0.05) is 12.1 Å². The molecular weight excluding hydrogens is 338 g/mol. The number of halogens is 1. The molecule has 3 rings (SSSR count). The number of tetrazole rings is 1. The molecule has 0 saturated heterocycles. The molecule has 0 aliphatic heterocycles. The van der Waals surface area contributed by atoms with E-state index in [1.165, 1.54) is 10.4 Å². The molecule has 0 fully saturated rings. The van der Waals surface area contributed by atoms with E-state index in [1.807, 2.05) is 48.5 Å². The van der Waals surface area contributed by atoms with Gasteiger partial charge in [0.15, 0.2) is 0 Å². The molecule has 1 N–H and O–H groups in total. The molecule has 7 heteroatoms. The van der Waals surface area contributed by atoms with Crippen LogP contribution in [0.1, 0.15) is 18.4 Å². The maximum atomic E-state index is 12.1. The Balaban J connectivity index is 1.56. The maximum Gasteiger partial charge on any atom is 0.243 e. The predicted octanol–water partition coefficient (Wildman–Crippen LogP) is 2.91. The Morgan fingerprint density at radius 2 is 1.88 bits per heavy atom. The van der Waals surface area contributed by atoms with Crippen molar-refractivity contribution in [1.82, 2.24) is 25.5 Å². The zero-order valence-corrected chi connectivity index (χ0v) is 14.5. The molecule has 128 valence electrons. The second-order valence-corrected chi connectivity index (χ2v) is 6.15. The molecule has 25 heavy (non-hydrogen) atoms. The summed E-state index contributed by atoms with van der Waals surface area (Å²) < 4.78 is 0. The van der Waals surface area contributed by atoms with Gasteiger partial charge in [-0.3, -0.25) is 4.79 Å². The van der Waals surface area contributed by atoms with E-state index in [2.05, 4.69) is 27.7 Å². The van der Waals surface area contributed by atoms with Crippen molar-refractivity contribution in [3.8, 4) is 11.4 Å². The lowest BCUT2D eigenvalue weighted by atomic mass is 10.0. The van der Waals surface area contributed by atoms with Crippen molar-refractivity contribution in [1.29, 1.82) is 0 Å². The van der Waals surface area contributed by atoms with E-state index in [0.717, 1.165) is 0 Å². The van der Waals surface area contributed by atoms with Crippen LogP contribution >= 0.6 is 11.6 Å². The number of carbonyl (C=O) groups excluding carboxylic acids is 1. The smallest absolute Gasteiger partial charge is 0.243 e. The fourth-order valence-corrected chi connectivity index (χ4v) is 2.63. The van der Waals surface area contributed by atoms with Crippen LogP contribution < -0.4 is 5.32 Å². The van der Waals surface area contributed by atoms with Crippen molar-refractivity contribution in [2.24, 2.45) is 0 Å². The van der Waals surface area contributed by atoms with Gasteiger partial charge in [0.2, 0.25) is 11.7 Å². The van der Waals surface area contributed by atoms with Crippen LogP contribution in [-0.2, 0) is 11.3 Å². The fourth-order valence-electron chi connectivity index (χ4n) is 2.41. The minimum Gasteiger partial charge on any atom is -0.354 e. The second kappa shape index (κ2) is 7.90. The van der Waals surface area contributed by atoms with E-state index < -0.39 is 0 Å². The zero-order valence-electron chi connectivity index (χ0n) is 13.8. The number of benzene rings is 2. The molecule has 6 nitrogen and oxygen atoms in total. The highest BCUT2D eigenvalue weighted by Crippen LogP contribution is 2.23. The van der Waals surface area contributed by atoms with Gasteiger partial charge in [0.05, 0.1) is 5.02 Å². The first-order valence-electron chi connectivity index (χ1n) is 7.98. The van der Waals surface area contributed by atoms with Gasteiger partial charge in [-0.1, -0.05) is 61.0 Å². The minimum atomic E-state index is -0.161. The van der Waals surface area contributed by atoms with Gasteiger partial charge in [0.1, 0.15) is 6.54 Å². The Kier molecular flexibility index (Phi) is 5.40. The van der Waals surface area contributed by atoms with Gasteiger partial charge in [-0.2, -0.15) is 4.80 Å². The number of rotatable bonds is 6. The summed E-state index contributed by atoms with van der Waals surface area (Å²) in [6, 6.07) is 17.3. The molecule has 0 radical (unpaired) electrons. The van der Waals surface area contributed by atoms with Gasteiger partial charge in [-0.05, 0) is 28.8 Å². The molecule has 0 saturated carbocycles. The third kappa shape index (κ3) is 4.42. The van der Waals surface area contributed by atoms with Crippen LogP contribution in [0.25, 0.3) is 11.4 Å². The Hall–Kier alpha value is -2.73. The molecule has 1 heterocycles. The van der Waals surface area contributed by atoms with Crippen molar-refractivity contribution in [2.45, 2.75) is 19.4 Å². The van der Waals surface area contributed by atoms with Gasteiger partial charge in [0.25, 0.3) is 0 Å². The first-order chi connectivity index (χ1) is 12.1. The average molecular weight is 356 g/mol. The fraction of sp³-hybridized carbons (Fsp3) is 0.222. The third-order valence-electron chi connectivity index (χ3n) is 3.83. The van der Waals surface area contributed by atoms with Gasteiger partial charge in [-0.15, -0.1) is 10.2 Å². The maximum absolute atomic E-state index is 12.1. The van der Waals surface area contributed by atoms with E-state index in [-0.39, 0.29) is 18.4 Å². The van der Waals surface area contributed by atoms with Gasteiger partial charge >= 0.3 is 0 Å². The number of hydrogen-bond donors (Lipinski definition) is 1. The molecule has 2 aromatic carbocycles. The summed E-state index contributed by atoms with van der Waals surface area (Å²) in [7, 11) is 0. The summed E-state index contributed by atoms with van der Waals surface area (Å²) in [6.07, 6.45) is 0. The quantitative estimate of drug-likeness (QED) is 0.738. The molecule has 0 aliphatic rings. The first-order valence-corrected chi connectivity index (χ1v) is 8.35. The van der Waals surface area contributed by atoms with Crippen LogP contribution in [0, 0.1) is 0 Å². The molecule has 0 aliphatic carbocycles. The number of amides is 1. The number of aromatic nitrogens is 4. The summed E-state index contributed by atoms with van der Waals surface area (Å²) in [5, 5.41) is 15.5. The van der Waals surface area contributed by atoms with Crippen LogP contribution in [0.15, 0.2) is 54.6 Å². The highest BCUT2D eigenvalue weighted by atomic mass is 35.5. The monoisotopic (exact) mass is 355 g/mol. The summed E-state index contributed by atoms with van der Waals surface area (Å²) in [6.45, 7) is 2.63. The molecule has 0 spiro atoms. The third-order valence-corrected chi connectivity index (χ3v) is 4.16. The number of nitrogens with one attached hydrogen (secondary N) is 1. The Morgan fingerprint density at radius 1 is 1.16 bits per heavy atom. The molecule has 0 bridgehead atoms. The van der Waals surface area contributed by atoms with E-state index in [9.17, 15) is 4.79 Å².